The quantitative estimate of drug-likeness (QED) is 0.198. The number of hydrogen-bond acceptors (Lipinski definition) is 8. The van der Waals surface area contributed by atoms with Gasteiger partial charge >= 0.3 is 0 Å². The highest BCUT2D eigenvalue weighted by molar-refractivity contribution is 7.94. The predicted octanol–water partition coefficient (Wildman–Crippen LogP) is 4.97. The van der Waals surface area contributed by atoms with Gasteiger partial charge in [0.2, 0.25) is 0 Å². The number of nitrogens with zero attached hydrogens (tertiary/aromatic N) is 2. The van der Waals surface area contributed by atoms with Gasteiger partial charge in [0.25, 0.3) is 0 Å². The average Bonchev–Trinajstić information content (AvgIpc) is 2.60. The molecule has 0 aliphatic heterocycles. The zero-order chi connectivity index (χ0) is 16.9. The van der Waals surface area contributed by atoms with E-state index in [4.69, 9.17) is 11.0 Å². The highest BCUT2D eigenvalue weighted by atomic mass is 32.2. The van der Waals surface area contributed by atoms with Crippen LogP contribution in [0.2, 0.25) is 0 Å². The summed E-state index contributed by atoms with van der Waals surface area (Å²) in [6.45, 7) is 0. The lowest BCUT2D eigenvalue weighted by Gasteiger charge is -2.10. The maximum Gasteiger partial charge on any atom is 0.154 e. The molecule has 122 valence electrons. The molecule has 8 heteroatoms. The molecule has 0 spiro atoms. The van der Waals surface area contributed by atoms with Crippen molar-refractivity contribution in [1.82, 2.24) is 0 Å². The average molecular weight is 343 g/mol. The summed E-state index contributed by atoms with van der Waals surface area (Å²) >= 11 is 0.690. The summed E-state index contributed by atoms with van der Waals surface area (Å²) in [7, 11) is 0. The van der Waals surface area contributed by atoms with E-state index in [0.717, 1.165) is 0 Å². The van der Waals surface area contributed by atoms with Crippen LogP contribution in [0.3, 0.4) is 0 Å². The molecule has 0 radical (unpaired) electrons. The van der Waals surface area contributed by atoms with Crippen LogP contribution in [0.25, 0.3) is 10.8 Å². The minimum absolute atomic E-state index is 0.130. The number of nitrogen functional groups attached to an aromatic ring is 1. The fraction of sp³-hybridized carbons (Fsp3) is 0. The largest absolute Gasteiger partial charge is 0.505 e. The van der Waals surface area contributed by atoms with E-state index >= 15 is 0 Å². The fourth-order valence-electron chi connectivity index (χ4n) is 2.24. The van der Waals surface area contributed by atoms with Crippen LogP contribution in [0.4, 0.5) is 17.1 Å². The Balaban J connectivity index is 2.14. The molecule has 0 saturated carbocycles. The van der Waals surface area contributed by atoms with E-state index in [-0.39, 0.29) is 11.4 Å². The van der Waals surface area contributed by atoms with Gasteiger partial charge in [-0.2, -0.15) is 5.11 Å². The van der Waals surface area contributed by atoms with E-state index in [1.165, 1.54) is 0 Å². The Hall–Kier alpha value is -2.65. The van der Waals surface area contributed by atoms with Crippen molar-refractivity contribution in [2.75, 3.05) is 5.73 Å². The molecule has 0 heterocycles. The van der Waals surface area contributed by atoms with E-state index < -0.39 is 0 Å². The van der Waals surface area contributed by atoms with Gasteiger partial charge in [-0.05, 0) is 29.7 Å². The summed E-state index contributed by atoms with van der Waals surface area (Å²) in [4.78, 5) is 0.402. The Kier molecular flexibility index (Phi) is 4.92. The monoisotopic (exact) mass is 343 g/mol. The zero-order valence-corrected chi connectivity index (χ0v) is 13.1. The van der Waals surface area contributed by atoms with Crippen LogP contribution in [0.15, 0.2) is 69.7 Å². The third-order valence-electron chi connectivity index (χ3n) is 3.29. The number of azo groups is 1. The number of nitrogens with two attached hydrogens (primary N) is 1. The molecule has 0 bridgehead atoms. The number of phenols is 1. The van der Waals surface area contributed by atoms with Gasteiger partial charge < -0.3 is 10.8 Å². The molecule has 4 N–H and O–H groups in total. The summed E-state index contributed by atoms with van der Waals surface area (Å²) in [5, 5.41) is 31.9. The number of anilines is 1. The SMILES string of the molecule is Nc1cccc2cc(SOOO)c(N=Nc3ccccc3)c(O)c12. The summed E-state index contributed by atoms with van der Waals surface area (Å²) < 4.78 is 4.47. The van der Waals surface area contributed by atoms with Crippen molar-refractivity contribution in [3.63, 3.8) is 0 Å². The van der Waals surface area contributed by atoms with Crippen molar-refractivity contribution in [2.45, 2.75) is 4.90 Å². The van der Waals surface area contributed by atoms with Gasteiger partial charge in [-0.3, -0.25) is 0 Å². The van der Waals surface area contributed by atoms with Gasteiger partial charge in [0, 0.05) is 11.1 Å². The van der Waals surface area contributed by atoms with E-state index in [9.17, 15) is 5.11 Å². The topological polar surface area (TPSA) is 110 Å². The number of fused-ring (bicyclic) bond motifs is 1. The van der Waals surface area contributed by atoms with E-state index in [0.29, 0.717) is 39.1 Å². The Labute approximate surface area is 141 Å². The van der Waals surface area contributed by atoms with Gasteiger partial charge in [0.1, 0.15) is 5.69 Å². The van der Waals surface area contributed by atoms with Crippen molar-refractivity contribution in [3.8, 4) is 5.75 Å². The number of rotatable bonds is 5. The third-order valence-corrected chi connectivity index (χ3v) is 3.91. The second-order valence-electron chi connectivity index (χ2n) is 4.78. The van der Waals surface area contributed by atoms with E-state index in [1.807, 2.05) is 18.2 Å². The first-order valence-electron chi connectivity index (χ1n) is 6.86. The molecule has 0 aromatic heterocycles. The Morgan fingerprint density at radius 3 is 2.54 bits per heavy atom. The van der Waals surface area contributed by atoms with Crippen LogP contribution in [0.1, 0.15) is 0 Å². The number of benzene rings is 3. The van der Waals surface area contributed by atoms with Gasteiger partial charge in [-0.1, -0.05) is 35.4 Å². The first kappa shape index (κ1) is 16.2. The Morgan fingerprint density at radius 2 is 1.79 bits per heavy atom. The van der Waals surface area contributed by atoms with Crippen molar-refractivity contribution in [3.05, 3.63) is 54.6 Å². The Morgan fingerprint density at radius 1 is 1.00 bits per heavy atom. The van der Waals surface area contributed by atoms with E-state index in [2.05, 4.69) is 19.6 Å². The van der Waals surface area contributed by atoms with Gasteiger partial charge in [0.05, 0.1) is 22.6 Å². The first-order valence-corrected chi connectivity index (χ1v) is 7.60. The molecular weight excluding hydrogens is 330 g/mol. The molecule has 0 atom stereocenters. The van der Waals surface area contributed by atoms with Gasteiger partial charge in [0.15, 0.2) is 5.75 Å². The lowest BCUT2D eigenvalue weighted by molar-refractivity contribution is -0.432. The molecule has 0 amide bonds. The molecule has 24 heavy (non-hydrogen) atoms. The van der Waals surface area contributed by atoms with Crippen molar-refractivity contribution in [1.29, 1.82) is 0 Å². The summed E-state index contributed by atoms with van der Waals surface area (Å²) in [5.74, 6) is -0.130. The maximum atomic E-state index is 10.6. The molecule has 0 saturated heterocycles. The molecular formula is C16H13N3O4S. The maximum absolute atomic E-state index is 10.6. The number of phenolic OH excluding ortho intramolecular Hbond substituents is 1. The van der Waals surface area contributed by atoms with Crippen LogP contribution in [-0.2, 0) is 9.37 Å². The minimum atomic E-state index is -0.130. The van der Waals surface area contributed by atoms with Crippen molar-refractivity contribution >= 4 is 39.9 Å². The summed E-state index contributed by atoms with van der Waals surface area (Å²) in [6.07, 6.45) is 0. The highest BCUT2D eigenvalue weighted by Gasteiger charge is 2.16. The van der Waals surface area contributed by atoms with Crippen LogP contribution in [0, 0.1) is 0 Å². The third kappa shape index (κ3) is 3.31. The van der Waals surface area contributed by atoms with Crippen molar-refractivity contribution in [2.24, 2.45) is 10.2 Å². The molecule has 7 nitrogen and oxygen atoms in total. The minimum Gasteiger partial charge on any atom is -0.505 e. The molecule has 0 fully saturated rings. The molecule has 0 aliphatic rings. The van der Waals surface area contributed by atoms with Gasteiger partial charge in [-0.25, -0.2) is 5.26 Å². The summed E-state index contributed by atoms with van der Waals surface area (Å²) in [5.41, 5.74) is 7.14. The number of hydrogen-bond donors (Lipinski definition) is 3. The van der Waals surface area contributed by atoms with E-state index in [1.54, 1.807) is 36.4 Å². The van der Waals surface area contributed by atoms with Crippen LogP contribution < -0.4 is 5.73 Å². The van der Waals surface area contributed by atoms with Crippen LogP contribution in [0.5, 0.6) is 5.75 Å². The molecule has 3 aromatic rings. The molecule has 3 rings (SSSR count). The Bertz CT molecular complexity index is 887. The second-order valence-corrected chi connectivity index (χ2v) is 5.52. The van der Waals surface area contributed by atoms with Crippen LogP contribution in [-0.4, -0.2) is 10.4 Å². The van der Waals surface area contributed by atoms with Gasteiger partial charge in [-0.15, -0.1) is 9.45 Å². The standard InChI is InChI=1S/C16H13N3O4S/c17-12-8-4-5-10-9-13(24-23-22-21)15(16(20)14(10)12)19-18-11-6-2-1-3-7-11/h1-9,20-21H,17H2. The lowest BCUT2D eigenvalue weighted by Crippen LogP contribution is -1.89. The zero-order valence-electron chi connectivity index (χ0n) is 12.3. The molecule has 0 unspecified atom stereocenters. The second kappa shape index (κ2) is 7.28. The first-order chi connectivity index (χ1) is 11.7. The highest BCUT2D eigenvalue weighted by Crippen LogP contribution is 2.45. The van der Waals surface area contributed by atoms with Crippen LogP contribution >= 0.6 is 12.0 Å². The normalized spacial score (nSPS) is 11.4. The number of aromatic hydroxyl groups is 1. The van der Waals surface area contributed by atoms with Crippen molar-refractivity contribution < 1.29 is 19.7 Å². The summed E-state index contributed by atoms with van der Waals surface area (Å²) in [6, 6.07) is 16.0. The molecule has 3 aromatic carbocycles. The smallest absolute Gasteiger partial charge is 0.154 e. The fourth-order valence-corrected chi connectivity index (χ4v) is 2.74. The lowest BCUT2D eigenvalue weighted by atomic mass is 10.1. The molecule has 0 aliphatic carbocycles. The predicted molar refractivity (Wildman–Crippen MR) is 91.3 cm³/mol.